The number of piperidine rings is 1. The predicted molar refractivity (Wildman–Crippen MR) is 147 cm³/mol. The van der Waals surface area contributed by atoms with Crippen LogP contribution in [0.3, 0.4) is 0 Å². The van der Waals surface area contributed by atoms with Crippen LogP contribution in [0.2, 0.25) is 0 Å². The Labute approximate surface area is 217 Å². The van der Waals surface area contributed by atoms with Crippen molar-refractivity contribution >= 4 is 6.03 Å². The van der Waals surface area contributed by atoms with Crippen LogP contribution in [0.4, 0.5) is 4.79 Å². The third-order valence-corrected chi connectivity index (χ3v) is 7.93. The minimum Gasteiger partial charge on any atom is -0.496 e. The quantitative estimate of drug-likeness (QED) is 0.500. The van der Waals surface area contributed by atoms with Gasteiger partial charge in [0.15, 0.2) is 0 Å². The number of carbonyl (C=O) groups is 1. The molecule has 0 N–H and O–H groups in total. The summed E-state index contributed by atoms with van der Waals surface area (Å²) in [5, 5.41) is 0. The summed E-state index contributed by atoms with van der Waals surface area (Å²) in [5.41, 5.74) is 8.64. The van der Waals surface area contributed by atoms with Crippen LogP contribution in [-0.2, 0) is 19.5 Å². The first-order valence-corrected chi connectivity index (χ1v) is 13.6. The number of aryl methyl sites for hydroxylation is 3. The van der Waals surface area contributed by atoms with Crippen molar-refractivity contribution in [3.63, 3.8) is 0 Å². The molecule has 0 unspecified atom stereocenters. The molecule has 3 heterocycles. The van der Waals surface area contributed by atoms with Gasteiger partial charge in [-0.05, 0) is 69.7 Å². The van der Waals surface area contributed by atoms with Gasteiger partial charge in [-0.1, -0.05) is 55.3 Å². The summed E-state index contributed by atoms with van der Waals surface area (Å²) in [7, 11) is 1.74. The van der Waals surface area contributed by atoms with Gasteiger partial charge in [-0.25, -0.2) is 4.79 Å². The van der Waals surface area contributed by atoms with Crippen molar-refractivity contribution < 1.29 is 9.53 Å². The highest BCUT2D eigenvalue weighted by molar-refractivity contribution is 5.83. The van der Waals surface area contributed by atoms with E-state index in [0.717, 1.165) is 51.2 Å². The maximum absolute atomic E-state index is 13.7. The van der Waals surface area contributed by atoms with Crippen molar-refractivity contribution in [2.75, 3.05) is 26.7 Å². The molecule has 0 bridgehead atoms. The number of urea groups is 1. The van der Waals surface area contributed by atoms with Crippen LogP contribution in [0.15, 0.2) is 42.1 Å². The molecule has 0 radical (unpaired) electrons. The summed E-state index contributed by atoms with van der Waals surface area (Å²) in [4.78, 5) is 20.4. The van der Waals surface area contributed by atoms with Gasteiger partial charge in [0.1, 0.15) is 5.75 Å². The van der Waals surface area contributed by atoms with Crippen molar-refractivity contribution in [2.24, 2.45) is 0 Å². The van der Waals surface area contributed by atoms with Gasteiger partial charge in [0.05, 0.1) is 19.2 Å². The molecule has 2 aromatic rings. The van der Waals surface area contributed by atoms with Gasteiger partial charge >= 0.3 is 6.03 Å². The number of amides is 2. The number of hydrogen-bond acceptors (Lipinski definition) is 3. The van der Waals surface area contributed by atoms with Gasteiger partial charge in [-0.3, -0.25) is 9.80 Å². The lowest BCUT2D eigenvalue weighted by molar-refractivity contribution is 0.0889. The first-order chi connectivity index (χ1) is 17.3. The molecule has 5 heteroatoms. The number of rotatable bonds is 4. The van der Waals surface area contributed by atoms with Gasteiger partial charge in [0.25, 0.3) is 0 Å². The summed E-state index contributed by atoms with van der Waals surface area (Å²) in [6.07, 6.45) is 5.08. The monoisotopic (exact) mass is 489 g/mol. The number of methoxy groups -OCH3 is 1. The van der Waals surface area contributed by atoms with Crippen LogP contribution >= 0.6 is 0 Å². The maximum Gasteiger partial charge on any atom is 0.325 e. The largest absolute Gasteiger partial charge is 0.496 e. The summed E-state index contributed by atoms with van der Waals surface area (Å²) >= 11 is 0. The Kier molecular flexibility index (Phi) is 7.79. The van der Waals surface area contributed by atoms with Crippen LogP contribution in [0.1, 0.15) is 67.0 Å². The molecule has 0 saturated carbocycles. The normalized spacial score (nSPS) is 18.8. The first-order valence-electron chi connectivity index (χ1n) is 13.6. The standard InChI is InChI=1S/C29H37N3O2.C2H6/c1-6-32-28(33)31-19-24-16-22(4)17-26(34-5)25(24)7-8-27(31)29(32)9-11-30(12-10-29)18-23-14-20(2)13-21(3)15-23;1-2/h8,13-17H,6-7,9-12,18-19H2,1-5H3;1-2H3. The number of likely N-dealkylation sites (tertiary alicyclic amines) is 1. The average molecular weight is 490 g/mol. The van der Waals surface area contributed by atoms with E-state index in [1.807, 2.05) is 18.7 Å². The molecule has 1 spiro atoms. The highest BCUT2D eigenvalue weighted by Crippen LogP contribution is 2.46. The molecule has 2 fully saturated rings. The van der Waals surface area contributed by atoms with Gasteiger partial charge in [-0.15, -0.1) is 0 Å². The van der Waals surface area contributed by atoms with Crippen molar-refractivity contribution in [2.45, 2.75) is 79.4 Å². The molecule has 0 atom stereocenters. The van der Waals surface area contributed by atoms with Crippen LogP contribution in [0.5, 0.6) is 5.75 Å². The zero-order valence-electron chi connectivity index (χ0n) is 23.3. The van der Waals surface area contributed by atoms with E-state index in [-0.39, 0.29) is 11.6 Å². The van der Waals surface area contributed by atoms with E-state index in [0.29, 0.717) is 6.54 Å². The summed E-state index contributed by atoms with van der Waals surface area (Å²) in [6, 6.07) is 11.3. The van der Waals surface area contributed by atoms with Crippen molar-refractivity contribution in [1.82, 2.24) is 14.7 Å². The second kappa shape index (κ2) is 10.7. The number of benzene rings is 2. The molecular weight excluding hydrogens is 446 g/mol. The van der Waals surface area contributed by atoms with E-state index < -0.39 is 0 Å². The zero-order chi connectivity index (χ0) is 26.0. The van der Waals surface area contributed by atoms with Crippen molar-refractivity contribution in [1.29, 1.82) is 0 Å². The summed E-state index contributed by atoms with van der Waals surface area (Å²) in [5.74, 6) is 0.935. The van der Waals surface area contributed by atoms with E-state index >= 15 is 0 Å². The van der Waals surface area contributed by atoms with Gasteiger partial charge in [-0.2, -0.15) is 0 Å². The Morgan fingerprint density at radius 1 is 0.944 bits per heavy atom. The Balaban J connectivity index is 0.00000148. The molecule has 194 valence electrons. The van der Waals surface area contributed by atoms with Crippen LogP contribution in [-0.4, -0.2) is 53.0 Å². The molecule has 5 rings (SSSR count). The number of fused-ring (bicyclic) bond motifs is 3. The Morgan fingerprint density at radius 2 is 1.58 bits per heavy atom. The number of nitrogens with zero attached hydrogens (tertiary/aromatic N) is 3. The molecule has 0 aliphatic carbocycles. The number of likely N-dealkylation sites (N-methyl/N-ethyl adjacent to an activating group) is 1. The van der Waals surface area contributed by atoms with Crippen molar-refractivity contribution in [3.05, 3.63) is 75.5 Å². The predicted octanol–water partition coefficient (Wildman–Crippen LogP) is 6.38. The maximum atomic E-state index is 13.7. The molecule has 3 aliphatic heterocycles. The minimum atomic E-state index is -0.199. The molecule has 36 heavy (non-hydrogen) atoms. The second-order valence-corrected chi connectivity index (χ2v) is 10.3. The van der Waals surface area contributed by atoms with E-state index in [2.05, 4.69) is 73.9 Å². The number of carbonyl (C=O) groups excluding carboxylic acids is 1. The van der Waals surface area contributed by atoms with Gasteiger partial charge in [0, 0.05) is 37.4 Å². The van der Waals surface area contributed by atoms with E-state index in [1.54, 1.807) is 7.11 Å². The first kappa shape index (κ1) is 26.3. The zero-order valence-corrected chi connectivity index (χ0v) is 23.3. The smallest absolute Gasteiger partial charge is 0.325 e. The minimum absolute atomic E-state index is 0.157. The van der Waals surface area contributed by atoms with E-state index in [1.165, 1.54) is 39.1 Å². The third-order valence-electron chi connectivity index (χ3n) is 7.93. The fraction of sp³-hybridized carbons (Fsp3) is 0.516. The highest BCUT2D eigenvalue weighted by atomic mass is 16.5. The molecule has 3 aliphatic rings. The number of allylic oxidation sites excluding steroid dienone is 1. The molecule has 2 aromatic carbocycles. The molecule has 2 saturated heterocycles. The topological polar surface area (TPSA) is 36.0 Å². The van der Waals surface area contributed by atoms with E-state index in [9.17, 15) is 4.79 Å². The lowest BCUT2D eigenvalue weighted by atomic mass is 9.83. The highest BCUT2D eigenvalue weighted by Gasteiger charge is 2.54. The number of hydrogen-bond donors (Lipinski definition) is 0. The van der Waals surface area contributed by atoms with Gasteiger partial charge < -0.3 is 9.64 Å². The van der Waals surface area contributed by atoms with Gasteiger partial charge in [0.2, 0.25) is 0 Å². The van der Waals surface area contributed by atoms with Crippen LogP contribution < -0.4 is 4.74 Å². The average Bonchev–Trinajstić information content (AvgIpc) is 2.97. The van der Waals surface area contributed by atoms with Crippen LogP contribution in [0.25, 0.3) is 0 Å². The Morgan fingerprint density at radius 3 is 2.19 bits per heavy atom. The van der Waals surface area contributed by atoms with Crippen molar-refractivity contribution in [3.8, 4) is 5.75 Å². The second-order valence-electron chi connectivity index (χ2n) is 10.3. The lowest BCUT2D eigenvalue weighted by Gasteiger charge is -2.44. The summed E-state index contributed by atoms with van der Waals surface area (Å²) in [6.45, 7) is 16.9. The summed E-state index contributed by atoms with van der Waals surface area (Å²) < 4.78 is 5.71. The molecule has 5 nitrogen and oxygen atoms in total. The molecule has 2 amide bonds. The Bertz CT molecular complexity index is 1120. The molecule has 0 aromatic heterocycles. The fourth-order valence-corrected chi connectivity index (χ4v) is 6.52. The fourth-order valence-electron chi connectivity index (χ4n) is 6.52. The van der Waals surface area contributed by atoms with E-state index in [4.69, 9.17) is 4.74 Å². The molecular formula is C31H43N3O2. The third kappa shape index (κ3) is 4.66. The Hall–Kier alpha value is -2.79. The van der Waals surface area contributed by atoms with Crippen LogP contribution in [0, 0.1) is 20.8 Å². The lowest BCUT2D eigenvalue weighted by Crippen LogP contribution is -2.53. The number of ether oxygens (including phenoxy) is 1. The SMILES string of the molecule is CC.CCN1C(=O)N2Cc3cc(C)cc(OC)c3CC=C2C12CCN(Cc1cc(C)cc(C)c1)CC2.